The molecule has 2 amide bonds. The molecular formula is C10H8Cl2N4O. The molecule has 88 valence electrons. The van der Waals surface area contributed by atoms with E-state index in [9.17, 15) is 4.79 Å². The Kier molecular flexibility index (Phi) is 3.61. The average molecular weight is 271 g/mol. The largest absolute Gasteiger partial charge is 0.326 e. The van der Waals surface area contributed by atoms with Gasteiger partial charge >= 0.3 is 6.03 Å². The number of carbonyl (C=O) groups excluding carboxylic acids is 1. The number of hydrogen-bond acceptors (Lipinski definition) is 3. The maximum absolute atomic E-state index is 11.6. The summed E-state index contributed by atoms with van der Waals surface area (Å²) >= 11 is 11.8. The van der Waals surface area contributed by atoms with Gasteiger partial charge in [-0.1, -0.05) is 29.3 Å². The van der Waals surface area contributed by atoms with E-state index in [-0.39, 0.29) is 5.96 Å². The van der Waals surface area contributed by atoms with Crippen LogP contribution in [0.4, 0.5) is 10.5 Å². The van der Waals surface area contributed by atoms with Crippen LogP contribution in [-0.4, -0.2) is 24.8 Å². The number of urea groups is 1. The average Bonchev–Trinajstić information content (AvgIpc) is 2.76. The Morgan fingerprint density at radius 2 is 1.94 bits per heavy atom. The van der Waals surface area contributed by atoms with Gasteiger partial charge in [-0.25, -0.2) is 14.8 Å². The van der Waals surface area contributed by atoms with Gasteiger partial charge in [-0.15, -0.1) is 0 Å². The maximum Gasteiger partial charge on any atom is 0.326 e. The Morgan fingerprint density at radius 1 is 1.24 bits per heavy atom. The second-order valence-corrected chi connectivity index (χ2v) is 3.97. The number of nitrogens with zero attached hydrogens (tertiary/aromatic N) is 2. The molecule has 0 spiro atoms. The number of para-hydroxylation sites is 1. The van der Waals surface area contributed by atoms with Crippen molar-refractivity contribution in [1.29, 1.82) is 0 Å². The van der Waals surface area contributed by atoms with E-state index in [2.05, 4.69) is 20.6 Å². The molecule has 2 N–H and O–H groups in total. The van der Waals surface area contributed by atoms with E-state index in [1.54, 1.807) is 24.4 Å². The second-order valence-electron chi connectivity index (χ2n) is 3.15. The minimum atomic E-state index is -0.488. The minimum absolute atomic E-state index is 0.269. The zero-order valence-corrected chi connectivity index (χ0v) is 10.1. The van der Waals surface area contributed by atoms with Crippen LogP contribution < -0.4 is 10.6 Å². The molecule has 0 bridgehead atoms. The Bertz CT molecular complexity index is 493. The van der Waals surface area contributed by atoms with E-state index >= 15 is 0 Å². The van der Waals surface area contributed by atoms with Gasteiger partial charge in [-0.2, -0.15) is 0 Å². The van der Waals surface area contributed by atoms with Crippen LogP contribution in [0.3, 0.4) is 0 Å². The van der Waals surface area contributed by atoms with Gasteiger partial charge in [0.1, 0.15) is 0 Å². The molecule has 0 radical (unpaired) electrons. The van der Waals surface area contributed by atoms with Crippen LogP contribution in [0.5, 0.6) is 0 Å². The molecule has 1 aromatic carbocycles. The number of benzene rings is 1. The second kappa shape index (κ2) is 5.16. The Labute approximate surface area is 108 Å². The highest BCUT2D eigenvalue weighted by Gasteiger charge is 2.11. The van der Waals surface area contributed by atoms with Gasteiger partial charge in [-0.3, -0.25) is 5.32 Å². The van der Waals surface area contributed by atoms with Gasteiger partial charge in [0.25, 0.3) is 0 Å². The summed E-state index contributed by atoms with van der Waals surface area (Å²) in [5.74, 6) is 0.269. The predicted molar refractivity (Wildman–Crippen MR) is 69.4 cm³/mol. The summed E-state index contributed by atoms with van der Waals surface area (Å²) in [5, 5.41) is 5.73. The number of halogens is 2. The van der Waals surface area contributed by atoms with Gasteiger partial charge in [0.15, 0.2) is 0 Å². The third kappa shape index (κ3) is 2.95. The van der Waals surface area contributed by atoms with Crippen LogP contribution in [-0.2, 0) is 0 Å². The quantitative estimate of drug-likeness (QED) is 0.809. The molecule has 0 unspecified atom stereocenters. The minimum Gasteiger partial charge on any atom is -0.305 e. The fourth-order valence-electron chi connectivity index (χ4n) is 1.23. The van der Waals surface area contributed by atoms with Crippen LogP contribution in [0.15, 0.2) is 28.2 Å². The first kappa shape index (κ1) is 11.9. The third-order valence-electron chi connectivity index (χ3n) is 1.96. The van der Waals surface area contributed by atoms with E-state index in [0.29, 0.717) is 22.3 Å². The normalized spacial score (nSPS) is 13.4. The topological polar surface area (TPSA) is 65.8 Å². The zero-order valence-electron chi connectivity index (χ0n) is 8.58. The molecule has 0 saturated heterocycles. The van der Waals surface area contributed by atoms with Gasteiger partial charge < -0.3 is 5.32 Å². The monoisotopic (exact) mass is 270 g/mol. The van der Waals surface area contributed by atoms with E-state index in [0.717, 1.165) is 0 Å². The number of rotatable bonds is 1. The predicted octanol–water partition coefficient (Wildman–Crippen LogP) is 2.56. The highest BCUT2D eigenvalue weighted by molar-refractivity contribution is 6.39. The van der Waals surface area contributed by atoms with Crippen LogP contribution in [0.2, 0.25) is 10.0 Å². The Hall–Kier alpha value is -1.59. The first-order valence-electron chi connectivity index (χ1n) is 4.76. The summed E-state index contributed by atoms with van der Waals surface area (Å²) in [6.07, 6.45) is 1.60. The summed E-state index contributed by atoms with van der Waals surface area (Å²) in [7, 11) is 0. The zero-order chi connectivity index (χ0) is 12.3. The van der Waals surface area contributed by atoms with Gasteiger partial charge in [-0.05, 0) is 12.1 Å². The Balaban J connectivity index is 2.05. The van der Waals surface area contributed by atoms with Crippen molar-refractivity contribution in [2.45, 2.75) is 0 Å². The van der Waals surface area contributed by atoms with Crippen molar-refractivity contribution in [2.75, 3.05) is 11.9 Å². The van der Waals surface area contributed by atoms with E-state index in [4.69, 9.17) is 23.2 Å². The molecule has 5 nitrogen and oxygen atoms in total. The molecule has 17 heavy (non-hydrogen) atoms. The summed E-state index contributed by atoms with van der Waals surface area (Å²) in [6, 6.07) is 4.47. The van der Waals surface area contributed by atoms with Gasteiger partial charge in [0, 0.05) is 6.21 Å². The summed E-state index contributed by atoms with van der Waals surface area (Å²) in [6.45, 7) is 0.475. The molecule has 0 aromatic heterocycles. The van der Waals surface area contributed by atoms with Gasteiger partial charge in [0.05, 0.1) is 22.3 Å². The number of carbonyl (C=O) groups is 1. The molecule has 1 aliphatic rings. The number of anilines is 1. The van der Waals surface area contributed by atoms with Crippen LogP contribution >= 0.6 is 23.2 Å². The van der Waals surface area contributed by atoms with E-state index in [1.807, 2.05) is 0 Å². The van der Waals surface area contributed by atoms with Crippen molar-refractivity contribution in [2.24, 2.45) is 9.98 Å². The first-order chi connectivity index (χ1) is 8.16. The SMILES string of the molecule is O=C(NC1=NCC=N1)Nc1c(Cl)cccc1Cl. The Morgan fingerprint density at radius 3 is 2.53 bits per heavy atom. The number of aliphatic imine (C=N–C) groups is 2. The van der Waals surface area contributed by atoms with Crippen molar-refractivity contribution in [1.82, 2.24) is 5.32 Å². The third-order valence-corrected chi connectivity index (χ3v) is 2.59. The van der Waals surface area contributed by atoms with Crippen molar-refractivity contribution in [3.8, 4) is 0 Å². The van der Waals surface area contributed by atoms with Crippen molar-refractivity contribution in [3.05, 3.63) is 28.2 Å². The lowest BCUT2D eigenvalue weighted by Crippen LogP contribution is -2.32. The fourth-order valence-corrected chi connectivity index (χ4v) is 1.72. The number of guanidine groups is 1. The number of nitrogens with one attached hydrogen (secondary N) is 2. The van der Waals surface area contributed by atoms with Gasteiger partial charge in [0.2, 0.25) is 5.96 Å². The number of amides is 2. The van der Waals surface area contributed by atoms with Crippen LogP contribution in [0.1, 0.15) is 0 Å². The highest BCUT2D eigenvalue weighted by Crippen LogP contribution is 2.29. The summed E-state index contributed by atoms with van der Waals surface area (Å²) < 4.78 is 0. The van der Waals surface area contributed by atoms with E-state index in [1.165, 1.54) is 0 Å². The van der Waals surface area contributed by atoms with Crippen molar-refractivity contribution >= 4 is 47.1 Å². The molecule has 1 aromatic rings. The lowest BCUT2D eigenvalue weighted by molar-refractivity contribution is 0.256. The molecule has 7 heteroatoms. The molecule has 1 aliphatic heterocycles. The first-order valence-corrected chi connectivity index (χ1v) is 5.51. The molecule has 1 heterocycles. The fraction of sp³-hybridized carbons (Fsp3) is 0.100. The lowest BCUT2D eigenvalue weighted by atomic mass is 10.3. The number of hydrogen-bond donors (Lipinski definition) is 2. The maximum atomic E-state index is 11.6. The van der Waals surface area contributed by atoms with E-state index < -0.39 is 6.03 Å². The van der Waals surface area contributed by atoms with Crippen molar-refractivity contribution in [3.63, 3.8) is 0 Å². The summed E-state index contributed by atoms with van der Waals surface area (Å²) in [4.78, 5) is 19.3. The molecule has 0 saturated carbocycles. The van der Waals surface area contributed by atoms with Crippen LogP contribution in [0, 0.1) is 0 Å². The molecule has 0 fully saturated rings. The standard InChI is InChI=1S/C10H8Cl2N4O/c11-6-2-1-3-7(12)8(6)15-10(17)16-9-13-4-5-14-9/h1-4H,5H2,(H2,14,15,16,17). The lowest BCUT2D eigenvalue weighted by Gasteiger charge is -2.09. The molecule has 0 aliphatic carbocycles. The summed E-state index contributed by atoms with van der Waals surface area (Å²) in [5.41, 5.74) is 0.357. The molecule has 0 atom stereocenters. The van der Waals surface area contributed by atoms with Crippen molar-refractivity contribution < 1.29 is 4.79 Å². The molecular weight excluding hydrogens is 263 g/mol. The molecule has 2 rings (SSSR count). The highest BCUT2D eigenvalue weighted by atomic mass is 35.5. The van der Waals surface area contributed by atoms with Crippen LogP contribution in [0.25, 0.3) is 0 Å². The smallest absolute Gasteiger partial charge is 0.305 e.